The van der Waals surface area contributed by atoms with Crippen LogP contribution in [0.3, 0.4) is 0 Å². The van der Waals surface area contributed by atoms with Gasteiger partial charge in [0.05, 0.1) is 0 Å². The molecule has 84 valence electrons. The first-order valence-corrected chi connectivity index (χ1v) is 4.45. The van der Waals surface area contributed by atoms with E-state index in [4.69, 9.17) is 9.47 Å². The van der Waals surface area contributed by atoms with Gasteiger partial charge in [0.1, 0.15) is 0 Å². The molecule has 0 fully saturated rings. The van der Waals surface area contributed by atoms with Gasteiger partial charge >= 0.3 is 21.7 Å². The largest absolute Gasteiger partial charge is 2.00 e. The predicted molar refractivity (Wildman–Crippen MR) is 57.2 cm³/mol. The minimum absolute atomic E-state index is 0. The molecule has 0 rings (SSSR count). The van der Waals surface area contributed by atoms with Crippen molar-refractivity contribution in [3.05, 3.63) is 32.1 Å². The predicted octanol–water partition coefficient (Wildman–Crippen LogP) is 2.40. The van der Waals surface area contributed by atoms with Gasteiger partial charge in [-0.3, -0.25) is 6.29 Å². The fourth-order valence-electron chi connectivity index (χ4n) is 0.365. The molecular weight excluding hydrogens is 228 g/mol. The van der Waals surface area contributed by atoms with Crippen LogP contribution in [0, 0.1) is 6.79 Å². The number of carbonyl (C=O) groups excluding carboxylic acids is 1. The van der Waals surface area contributed by atoms with Gasteiger partial charge in [-0.2, -0.15) is 6.42 Å². The molecule has 0 N–H and O–H groups in total. The van der Waals surface area contributed by atoms with Gasteiger partial charge in [0.25, 0.3) is 0 Å². The summed E-state index contributed by atoms with van der Waals surface area (Å²) in [4.78, 5) is 9.28. The molecule has 0 aromatic heterocycles. The van der Waals surface area contributed by atoms with Crippen LogP contribution in [-0.2, 0) is 36.0 Å². The summed E-state index contributed by atoms with van der Waals surface area (Å²) in [5.74, 6) is 0. The molecule has 0 atom stereocenters. The standard InChI is InChI=1S/C7H11O2.C4H7O.Ti/c1-3-5-8-7-9-6-4-2;1-2-3-4-5;/h3-4,7H,1-2,5-6H2;2-3H2,1H3;/q2*-1;+2. The van der Waals surface area contributed by atoms with E-state index in [1.807, 2.05) is 6.92 Å². The SMILES string of the molecule is C=CCO[CH-]OCC=C.CCC[C-]=O.[Ti+2]. The smallest absolute Gasteiger partial charge is 0.542 e. The zero-order chi connectivity index (χ0) is 11.1. The van der Waals surface area contributed by atoms with Crippen molar-refractivity contribution in [3.8, 4) is 0 Å². The molecule has 0 spiro atoms. The summed E-state index contributed by atoms with van der Waals surface area (Å²) in [5, 5.41) is 0. The van der Waals surface area contributed by atoms with Gasteiger partial charge in [0, 0.05) is 13.2 Å². The monoisotopic (exact) mass is 246 g/mol. The van der Waals surface area contributed by atoms with Crippen LogP contribution in [0.25, 0.3) is 0 Å². The van der Waals surface area contributed by atoms with Crippen LogP contribution in [0.4, 0.5) is 0 Å². The molecule has 0 unspecified atom stereocenters. The van der Waals surface area contributed by atoms with Crippen LogP contribution in [0.15, 0.2) is 25.3 Å². The number of hydrogen-bond donors (Lipinski definition) is 0. The number of rotatable bonds is 8. The minimum atomic E-state index is 0. The maximum Gasteiger partial charge on any atom is 2.00 e. The van der Waals surface area contributed by atoms with E-state index in [0.29, 0.717) is 19.6 Å². The second-order valence-electron chi connectivity index (χ2n) is 2.23. The van der Waals surface area contributed by atoms with Crippen molar-refractivity contribution in [2.24, 2.45) is 0 Å². The van der Waals surface area contributed by atoms with Crippen LogP contribution in [0.5, 0.6) is 0 Å². The molecule has 0 aromatic rings. The molecule has 0 saturated carbocycles. The first kappa shape index (κ1) is 20.2. The summed E-state index contributed by atoms with van der Waals surface area (Å²) in [6.45, 7) is 11.1. The third-order valence-corrected chi connectivity index (χ3v) is 0.916. The second-order valence-corrected chi connectivity index (χ2v) is 2.23. The molecule has 4 heteroatoms. The fraction of sp³-hybridized carbons (Fsp3) is 0.455. The topological polar surface area (TPSA) is 35.5 Å². The Kier molecular flexibility index (Phi) is 31.7. The summed E-state index contributed by atoms with van der Waals surface area (Å²) >= 11 is 0. The van der Waals surface area contributed by atoms with Gasteiger partial charge in [0.15, 0.2) is 0 Å². The maximum atomic E-state index is 9.28. The van der Waals surface area contributed by atoms with Crippen LogP contribution in [0.2, 0.25) is 0 Å². The van der Waals surface area contributed by atoms with E-state index in [1.165, 1.54) is 6.79 Å². The fourth-order valence-corrected chi connectivity index (χ4v) is 0.365. The first-order valence-electron chi connectivity index (χ1n) is 4.45. The Morgan fingerprint density at radius 2 is 1.73 bits per heavy atom. The summed E-state index contributed by atoms with van der Waals surface area (Å²) in [6, 6.07) is 0. The summed E-state index contributed by atoms with van der Waals surface area (Å²) < 4.78 is 9.54. The van der Waals surface area contributed by atoms with Gasteiger partial charge in [-0.15, -0.1) is 13.2 Å². The van der Waals surface area contributed by atoms with E-state index in [2.05, 4.69) is 13.2 Å². The maximum absolute atomic E-state index is 9.28. The van der Waals surface area contributed by atoms with Crippen LogP contribution in [0.1, 0.15) is 19.8 Å². The zero-order valence-electron chi connectivity index (χ0n) is 9.20. The Morgan fingerprint density at radius 3 is 1.93 bits per heavy atom. The van der Waals surface area contributed by atoms with Crippen LogP contribution < -0.4 is 0 Å². The Hall–Kier alpha value is -0.216. The van der Waals surface area contributed by atoms with Gasteiger partial charge in [-0.05, 0) is 0 Å². The van der Waals surface area contributed by atoms with Gasteiger partial charge in [-0.25, -0.2) is 0 Å². The molecule has 0 amide bonds. The average molecular weight is 246 g/mol. The molecule has 0 saturated heterocycles. The van der Waals surface area contributed by atoms with Crippen molar-refractivity contribution in [1.82, 2.24) is 0 Å². The van der Waals surface area contributed by atoms with E-state index < -0.39 is 0 Å². The van der Waals surface area contributed by atoms with Crippen LogP contribution in [-0.4, -0.2) is 19.5 Å². The number of hydrogen-bond acceptors (Lipinski definition) is 3. The van der Waals surface area contributed by atoms with E-state index in [9.17, 15) is 4.79 Å². The molecule has 0 aliphatic heterocycles. The molecule has 0 aliphatic carbocycles. The Morgan fingerprint density at radius 1 is 1.27 bits per heavy atom. The molecule has 0 aromatic carbocycles. The Balaban J connectivity index is -0.000000208. The zero-order valence-corrected chi connectivity index (χ0v) is 10.8. The molecule has 0 bridgehead atoms. The van der Waals surface area contributed by atoms with E-state index in [0.717, 1.165) is 6.42 Å². The van der Waals surface area contributed by atoms with Crippen molar-refractivity contribution >= 4 is 6.29 Å². The normalized spacial score (nSPS) is 7.80. The average Bonchev–Trinajstić information content (AvgIpc) is 2.20. The van der Waals surface area contributed by atoms with Crippen molar-refractivity contribution in [2.75, 3.05) is 13.2 Å². The van der Waals surface area contributed by atoms with Gasteiger partial charge < -0.3 is 14.3 Å². The number of unbranched alkanes of at least 4 members (excludes halogenated alkanes) is 1. The van der Waals surface area contributed by atoms with Crippen LogP contribution >= 0.6 is 0 Å². The molecule has 0 radical (unpaired) electrons. The molecular formula is C11H18O3Ti. The third-order valence-electron chi connectivity index (χ3n) is 0.916. The van der Waals surface area contributed by atoms with E-state index in [1.54, 1.807) is 18.4 Å². The van der Waals surface area contributed by atoms with Crippen molar-refractivity contribution < 1.29 is 36.0 Å². The summed E-state index contributed by atoms with van der Waals surface area (Å²) in [7, 11) is 0. The molecule has 15 heavy (non-hydrogen) atoms. The van der Waals surface area contributed by atoms with Gasteiger partial charge in [-0.1, -0.05) is 32.3 Å². The summed E-state index contributed by atoms with van der Waals surface area (Å²) in [6.07, 6.45) is 6.56. The van der Waals surface area contributed by atoms with E-state index in [-0.39, 0.29) is 21.7 Å². The van der Waals surface area contributed by atoms with Crippen molar-refractivity contribution in [1.29, 1.82) is 0 Å². The van der Waals surface area contributed by atoms with E-state index >= 15 is 0 Å². The molecule has 3 nitrogen and oxygen atoms in total. The Bertz CT molecular complexity index is 128. The minimum Gasteiger partial charge on any atom is -0.542 e. The first-order chi connectivity index (χ1) is 6.83. The molecule has 0 heterocycles. The second kappa shape index (κ2) is 23.5. The number of ether oxygens (including phenoxy) is 2. The van der Waals surface area contributed by atoms with Crippen molar-refractivity contribution in [2.45, 2.75) is 19.8 Å². The van der Waals surface area contributed by atoms with Crippen molar-refractivity contribution in [3.63, 3.8) is 0 Å². The van der Waals surface area contributed by atoms with Gasteiger partial charge in [0.2, 0.25) is 0 Å². The quantitative estimate of drug-likeness (QED) is 0.285. The Labute approximate surface area is 107 Å². The molecule has 0 aliphatic rings. The third kappa shape index (κ3) is 31.6. The summed E-state index contributed by atoms with van der Waals surface area (Å²) in [5.41, 5.74) is 0.